The predicted octanol–water partition coefficient (Wildman–Crippen LogP) is 2.39. The molecule has 2 atom stereocenters. The molecule has 3 nitrogen and oxygen atoms in total. The van der Waals surface area contributed by atoms with Crippen LogP contribution in [0.2, 0.25) is 0 Å². The average Bonchev–Trinajstić information content (AvgIpc) is 2.45. The highest BCUT2D eigenvalue weighted by molar-refractivity contribution is 9.10. The lowest BCUT2D eigenvalue weighted by Crippen LogP contribution is -2.57. The molecule has 112 valence electrons. The highest BCUT2D eigenvalue weighted by atomic mass is 79.9. The molecule has 0 aromatic heterocycles. The lowest BCUT2D eigenvalue weighted by molar-refractivity contribution is 0.238. The van der Waals surface area contributed by atoms with Gasteiger partial charge in [-0.3, -0.25) is 0 Å². The number of nitrogens with two attached hydrogens (primary N) is 1. The van der Waals surface area contributed by atoms with Crippen LogP contribution in [0.15, 0.2) is 22.7 Å². The molecule has 4 N–H and O–H groups in total. The smallest absolute Gasteiger partial charge is 0.0431 e. The van der Waals surface area contributed by atoms with Crippen molar-refractivity contribution >= 4 is 15.9 Å². The second-order valence-corrected chi connectivity index (χ2v) is 6.90. The molecular formula is C16H25BrN2O. The van der Waals surface area contributed by atoms with Crippen LogP contribution in [0.25, 0.3) is 0 Å². The average molecular weight is 341 g/mol. The zero-order valence-electron chi connectivity index (χ0n) is 12.2. The number of nitrogens with one attached hydrogen (secondary N) is 1. The van der Waals surface area contributed by atoms with E-state index in [9.17, 15) is 0 Å². The number of rotatable bonds is 6. The van der Waals surface area contributed by atoms with Gasteiger partial charge in [0.25, 0.3) is 0 Å². The minimum absolute atomic E-state index is 0.00962. The fourth-order valence-electron chi connectivity index (χ4n) is 3.18. The van der Waals surface area contributed by atoms with E-state index in [4.69, 9.17) is 10.8 Å². The largest absolute Gasteiger partial charge is 0.396 e. The highest BCUT2D eigenvalue weighted by Gasteiger charge is 2.33. The zero-order valence-corrected chi connectivity index (χ0v) is 13.7. The van der Waals surface area contributed by atoms with E-state index >= 15 is 0 Å². The van der Waals surface area contributed by atoms with Crippen molar-refractivity contribution in [3.63, 3.8) is 0 Å². The summed E-state index contributed by atoms with van der Waals surface area (Å²) in [5.74, 6) is 0. The number of fused-ring (bicyclic) bond motifs is 1. The third-order valence-corrected chi connectivity index (χ3v) is 4.80. The fourth-order valence-corrected chi connectivity index (χ4v) is 3.58. The topological polar surface area (TPSA) is 58.3 Å². The predicted molar refractivity (Wildman–Crippen MR) is 86.9 cm³/mol. The second kappa shape index (κ2) is 7.03. The minimum Gasteiger partial charge on any atom is -0.396 e. The number of benzene rings is 1. The number of hydrogen-bond acceptors (Lipinski definition) is 3. The monoisotopic (exact) mass is 340 g/mol. The fraction of sp³-hybridized carbons (Fsp3) is 0.625. The molecule has 0 fully saturated rings. The summed E-state index contributed by atoms with van der Waals surface area (Å²) in [4.78, 5) is 0. The van der Waals surface area contributed by atoms with Gasteiger partial charge in [0.2, 0.25) is 0 Å². The first kappa shape index (κ1) is 16.0. The first-order valence-electron chi connectivity index (χ1n) is 7.44. The van der Waals surface area contributed by atoms with Crippen LogP contribution in [0.5, 0.6) is 0 Å². The van der Waals surface area contributed by atoms with Crippen LogP contribution in [0, 0.1) is 0 Å². The summed E-state index contributed by atoms with van der Waals surface area (Å²) in [6.07, 6.45) is 4.99. The third kappa shape index (κ3) is 3.82. The van der Waals surface area contributed by atoms with Gasteiger partial charge in [0.15, 0.2) is 0 Å². The van der Waals surface area contributed by atoms with E-state index in [1.54, 1.807) is 0 Å². The molecule has 1 aliphatic rings. The van der Waals surface area contributed by atoms with Crippen molar-refractivity contribution < 1.29 is 5.11 Å². The van der Waals surface area contributed by atoms with Crippen LogP contribution in [0.3, 0.4) is 0 Å². The molecule has 4 heteroatoms. The first-order chi connectivity index (χ1) is 9.58. The molecule has 0 amide bonds. The number of aliphatic hydroxyl groups excluding tert-OH is 1. The van der Waals surface area contributed by atoms with Gasteiger partial charge in [-0.1, -0.05) is 22.0 Å². The molecule has 0 radical (unpaired) electrons. The zero-order chi connectivity index (χ0) is 14.6. The van der Waals surface area contributed by atoms with Gasteiger partial charge < -0.3 is 16.2 Å². The Balaban J connectivity index is 2.07. The summed E-state index contributed by atoms with van der Waals surface area (Å²) in [7, 11) is 0. The Hall–Kier alpha value is -0.420. The van der Waals surface area contributed by atoms with Gasteiger partial charge in [0.05, 0.1) is 0 Å². The summed E-state index contributed by atoms with van der Waals surface area (Å²) in [5.41, 5.74) is 8.94. The minimum atomic E-state index is 0.00962. The van der Waals surface area contributed by atoms with Gasteiger partial charge in [-0.2, -0.15) is 0 Å². The quantitative estimate of drug-likeness (QED) is 0.745. The molecular weight excluding hydrogens is 316 g/mol. The number of aliphatic hydroxyl groups is 1. The van der Waals surface area contributed by atoms with E-state index in [0.717, 1.165) is 36.6 Å². The Kier molecular flexibility index (Phi) is 5.61. The second-order valence-electron chi connectivity index (χ2n) is 5.99. The van der Waals surface area contributed by atoms with Crippen molar-refractivity contribution in [1.29, 1.82) is 0 Å². The third-order valence-electron chi connectivity index (χ3n) is 4.31. The van der Waals surface area contributed by atoms with Crippen molar-refractivity contribution in [3.05, 3.63) is 33.8 Å². The summed E-state index contributed by atoms with van der Waals surface area (Å²) in [6.45, 7) is 3.11. The van der Waals surface area contributed by atoms with Crippen LogP contribution in [0.1, 0.15) is 37.3 Å². The van der Waals surface area contributed by atoms with E-state index in [1.807, 2.05) is 0 Å². The van der Waals surface area contributed by atoms with Crippen molar-refractivity contribution in [2.24, 2.45) is 5.73 Å². The maximum absolute atomic E-state index is 8.94. The standard InChI is InChI=1S/C16H25BrN2O/c1-12(3-2-8-20)19-16(11-18)7-6-13-9-15(17)5-4-14(13)10-16/h4-5,9,12,19-20H,2-3,6-8,10-11,18H2,1H3. The van der Waals surface area contributed by atoms with Gasteiger partial charge in [0, 0.05) is 29.2 Å². The molecule has 0 saturated heterocycles. The Morgan fingerprint density at radius 3 is 2.95 bits per heavy atom. The van der Waals surface area contributed by atoms with Crippen molar-refractivity contribution in [2.45, 2.75) is 50.6 Å². The van der Waals surface area contributed by atoms with Gasteiger partial charge in [-0.25, -0.2) is 0 Å². The maximum Gasteiger partial charge on any atom is 0.0431 e. The van der Waals surface area contributed by atoms with E-state index in [-0.39, 0.29) is 12.1 Å². The van der Waals surface area contributed by atoms with Crippen molar-refractivity contribution in [3.8, 4) is 0 Å². The molecule has 1 aromatic rings. The van der Waals surface area contributed by atoms with Crippen LogP contribution >= 0.6 is 15.9 Å². The highest BCUT2D eigenvalue weighted by Crippen LogP contribution is 2.30. The summed E-state index contributed by atoms with van der Waals surface area (Å²) in [5, 5.41) is 12.7. The molecule has 0 aliphatic heterocycles. The molecule has 0 saturated carbocycles. The molecule has 2 rings (SSSR count). The summed E-state index contributed by atoms with van der Waals surface area (Å²) >= 11 is 3.54. The Morgan fingerprint density at radius 2 is 2.25 bits per heavy atom. The number of hydrogen-bond donors (Lipinski definition) is 3. The Morgan fingerprint density at radius 1 is 1.45 bits per heavy atom. The maximum atomic E-state index is 8.94. The molecule has 2 unspecified atom stereocenters. The molecule has 1 aliphatic carbocycles. The van der Waals surface area contributed by atoms with E-state index in [0.29, 0.717) is 12.6 Å². The lowest BCUT2D eigenvalue weighted by atomic mass is 9.77. The number of aryl methyl sites for hydroxylation is 1. The van der Waals surface area contributed by atoms with E-state index in [2.05, 4.69) is 46.4 Å². The SMILES string of the molecule is CC(CCCO)NC1(CN)CCc2cc(Br)ccc2C1. The molecule has 20 heavy (non-hydrogen) atoms. The van der Waals surface area contributed by atoms with Gasteiger partial charge in [0.1, 0.15) is 0 Å². The molecule has 0 heterocycles. The Bertz CT molecular complexity index is 452. The first-order valence-corrected chi connectivity index (χ1v) is 8.24. The van der Waals surface area contributed by atoms with Gasteiger partial charge in [-0.05, 0) is 62.3 Å². The lowest BCUT2D eigenvalue weighted by Gasteiger charge is -2.40. The number of halogens is 1. The molecule has 0 spiro atoms. The van der Waals surface area contributed by atoms with E-state index < -0.39 is 0 Å². The van der Waals surface area contributed by atoms with Crippen LogP contribution in [-0.2, 0) is 12.8 Å². The normalized spacial score (nSPS) is 23.4. The van der Waals surface area contributed by atoms with Gasteiger partial charge in [-0.15, -0.1) is 0 Å². The van der Waals surface area contributed by atoms with Crippen LogP contribution < -0.4 is 11.1 Å². The van der Waals surface area contributed by atoms with Crippen molar-refractivity contribution in [2.75, 3.05) is 13.2 Å². The molecule has 1 aromatic carbocycles. The summed E-state index contributed by atoms with van der Waals surface area (Å²) in [6, 6.07) is 6.94. The van der Waals surface area contributed by atoms with E-state index in [1.165, 1.54) is 11.1 Å². The molecule has 0 bridgehead atoms. The summed E-state index contributed by atoms with van der Waals surface area (Å²) < 4.78 is 1.15. The Labute approximate surface area is 130 Å². The van der Waals surface area contributed by atoms with Gasteiger partial charge >= 0.3 is 0 Å². The van der Waals surface area contributed by atoms with Crippen LogP contribution in [-0.4, -0.2) is 29.8 Å². The van der Waals surface area contributed by atoms with Crippen LogP contribution in [0.4, 0.5) is 0 Å². The van der Waals surface area contributed by atoms with Crippen molar-refractivity contribution in [1.82, 2.24) is 5.32 Å².